The first-order chi connectivity index (χ1) is 8.22. The van der Waals surface area contributed by atoms with Gasteiger partial charge in [0.25, 0.3) is 0 Å². The predicted octanol–water partition coefficient (Wildman–Crippen LogP) is 1.14. The second kappa shape index (κ2) is 5.61. The summed E-state index contributed by atoms with van der Waals surface area (Å²) in [6, 6.07) is 0. The average molecular weight is 302 g/mol. The Morgan fingerprint density at radius 1 is 1.59 bits per heavy atom. The van der Waals surface area contributed by atoms with Crippen molar-refractivity contribution in [1.82, 2.24) is 9.97 Å². The summed E-state index contributed by atoms with van der Waals surface area (Å²) < 4.78 is 6.40. The molecule has 2 heterocycles. The monoisotopic (exact) mass is 301 g/mol. The molecule has 1 aliphatic rings. The quantitative estimate of drug-likeness (QED) is 0.630. The molecule has 0 radical (unpaired) electrons. The van der Waals surface area contributed by atoms with Crippen LogP contribution in [0.25, 0.3) is 0 Å². The lowest BCUT2D eigenvalue weighted by atomic mass is 10.3. The van der Waals surface area contributed by atoms with Crippen LogP contribution in [0.5, 0.6) is 0 Å². The van der Waals surface area contributed by atoms with Crippen LogP contribution in [0, 0.1) is 0 Å². The standard InChI is InChI=1S/C10H16BrN5O/c1-7-5-16(3-2-4-17-7)10-8(11)9(15-12)13-6-14-10/h6-7H,2-5,12H2,1H3,(H,13,14,15). The molecule has 1 aromatic heterocycles. The molecule has 3 N–H and O–H groups in total. The lowest BCUT2D eigenvalue weighted by Crippen LogP contribution is -2.31. The first-order valence-corrected chi connectivity index (χ1v) is 6.35. The molecule has 0 bridgehead atoms. The zero-order valence-electron chi connectivity index (χ0n) is 9.69. The highest BCUT2D eigenvalue weighted by Gasteiger charge is 2.20. The Bertz CT molecular complexity index is 389. The first kappa shape index (κ1) is 12.5. The van der Waals surface area contributed by atoms with E-state index in [0.717, 1.165) is 36.4 Å². The number of aromatic nitrogens is 2. The van der Waals surface area contributed by atoms with Crippen molar-refractivity contribution in [2.24, 2.45) is 5.84 Å². The molecule has 1 aliphatic heterocycles. The largest absolute Gasteiger partial charge is 0.377 e. The smallest absolute Gasteiger partial charge is 0.159 e. The van der Waals surface area contributed by atoms with Gasteiger partial charge in [0.15, 0.2) is 5.82 Å². The van der Waals surface area contributed by atoms with Gasteiger partial charge in [0.1, 0.15) is 16.6 Å². The molecule has 1 aromatic rings. The van der Waals surface area contributed by atoms with Gasteiger partial charge in [0, 0.05) is 19.7 Å². The van der Waals surface area contributed by atoms with Crippen LogP contribution in [0.3, 0.4) is 0 Å². The van der Waals surface area contributed by atoms with Gasteiger partial charge in [0.05, 0.1) is 6.10 Å². The number of nitrogens with two attached hydrogens (primary N) is 1. The van der Waals surface area contributed by atoms with Crippen molar-refractivity contribution in [1.29, 1.82) is 0 Å². The summed E-state index contributed by atoms with van der Waals surface area (Å²) in [5.74, 6) is 6.84. The lowest BCUT2D eigenvalue weighted by molar-refractivity contribution is 0.0820. The second-order valence-electron chi connectivity index (χ2n) is 3.99. The van der Waals surface area contributed by atoms with Gasteiger partial charge in [-0.1, -0.05) is 0 Å². The van der Waals surface area contributed by atoms with E-state index in [1.807, 2.05) is 0 Å². The second-order valence-corrected chi connectivity index (χ2v) is 4.78. The number of nitrogen functional groups attached to an aromatic ring is 1. The minimum Gasteiger partial charge on any atom is -0.377 e. The molecule has 0 amide bonds. The Balaban J connectivity index is 2.25. The van der Waals surface area contributed by atoms with Crippen molar-refractivity contribution in [3.8, 4) is 0 Å². The van der Waals surface area contributed by atoms with E-state index in [1.54, 1.807) is 0 Å². The van der Waals surface area contributed by atoms with Crippen LogP contribution in [0.1, 0.15) is 13.3 Å². The molecular formula is C10H16BrN5O. The van der Waals surface area contributed by atoms with E-state index in [9.17, 15) is 0 Å². The maximum absolute atomic E-state index is 5.61. The van der Waals surface area contributed by atoms with Crippen LogP contribution in [-0.4, -0.2) is 35.8 Å². The summed E-state index contributed by atoms with van der Waals surface area (Å²) in [4.78, 5) is 10.5. The first-order valence-electron chi connectivity index (χ1n) is 5.56. The molecule has 0 saturated carbocycles. The molecule has 2 rings (SSSR count). The SMILES string of the molecule is CC1CN(c2ncnc(NN)c2Br)CCCO1. The Morgan fingerprint density at radius 3 is 3.18 bits per heavy atom. The molecule has 7 heteroatoms. The normalized spacial score (nSPS) is 21.1. The fourth-order valence-corrected chi connectivity index (χ4v) is 2.44. The fraction of sp³-hybridized carbons (Fsp3) is 0.600. The summed E-state index contributed by atoms with van der Waals surface area (Å²) in [5, 5.41) is 0. The van der Waals surface area contributed by atoms with Crippen molar-refractivity contribution in [2.45, 2.75) is 19.4 Å². The maximum Gasteiger partial charge on any atom is 0.159 e. The van der Waals surface area contributed by atoms with Gasteiger partial charge in [-0.25, -0.2) is 15.8 Å². The minimum atomic E-state index is 0.202. The molecule has 6 nitrogen and oxygen atoms in total. The van der Waals surface area contributed by atoms with Gasteiger partial charge in [-0.2, -0.15) is 0 Å². The fourth-order valence-electron chi connectivity index (χ4n) is 1.87. The molecule has 17 heavy (non-hydrogen) atoms. The number of hydrogen-bond acceptors (Lipinski definition) is 6. The van der Waals surface area contributed by atoms with Gasteiger partial charge in [-0.3, -0.25) is 0 Å². The summed E-state index contributed by atoms with van der Waals surface area (Å²) >= 11 is 3.47. The number of anilines is 2. The molecule has 0 aromatic carbocycles. The number of ether oxygens (including phenoxy) is 1. The van der Waals surface area contributed by atoms with E-state index in [4.69, 9.17) is 10.6 Å². The lowest BCUT2D eigenvalue weighted by Gasteiger charge is -2.24. The molecule has 1 unspecified atom stereocenters. The molecule has 94 valence electrons. The molecule has 1 atom stereocenters. The highest BCUT2D eigenvalue weighted by Crippen LogP contribution is 2.29. The van der Waals surface area contributed by atoms with Crippen LogP contribution in [0.4, 0.5) is 11.6 Å². The number of halogens is 1. The summed E-state index contributed by atoms with van der Waals surface area (Å²) in [6.07, 6.45) is 2.70. The van der Waals surface area contributed by atoms with Crippen LogP contribution in [0.15, 0.2) is 10.8 Å². The predicted molar refractivity (Wildman–Crippen MR) is 69.8 cm³/mol. The van der Waals surface area contributed by atoms with Crippen LogP contribution in [0.2, 0.25) is 0 Å². The highest BCUT2D eigenvalue weighted by atomic mass is 79.9. The molecule has 0 spiro atoms. The number of nitrogens with zero attached hydrogens (tertiary/aromatic N) is 3. The van der Waals surface area contributed by atoms with E-state index in [0.29, 0.717) is 5.82 Å². The molecule has 0 aliphatic carbocycles. The topological polar surface area (TPSA) is 76.3 Å². The van der Waals surface area contributed by atoms with Gasteiger partial charge < -0.3 is 15.1 Å². The third-order valence-corrected chi connectivity index (χ3v) is 3.39. The third-order valence-electron chi connectivity index (χ3n) is 2.66. The van der Waals surface area contributed by atoms with Crippen molar-refractivity contribution in [3.63, 3.8) is 0 Å². The summed E-state index contributed by atoms with van der Waals surface area (Å²) in [6.45, 7) is 4.60. The van der Waals surface area contributed by atoms with Crippen molar-refractivity contribution in [2.75, 3.05) is 30.0 Å². The summed E-state index contributed by atoms with van der Waals surface area (Å²) in [5.41, 5.74) is 2.55. The van der Waals surface area contributed by atoms with Crippen molar-refractivity contribution >= 4 is 27.6 Å². The highest BCUT2D eigenvalue weighted by molar-refractivity contribution is 9.10. The summed E-state index contributed by atoms with van der Waals surface area (Å²) in [7, 11) is 0. The van der Waals surface area contributed by atoms with Gasteiger partial charge >= 0.3 is 0 Å². The number of rotatable bonds is 2. The maximum atomic E-state index is 5.61. The van der Waals surface area contributed by atoms with Crippen LogP contribution < -0.4 is 16.2 Å². The zero-order valence-corrected chi connectivity index (χ0v) is 11.3. The minimum absolute atomic E-state index is 0.202. The van der Waals surface area contributed by atoms with Crippen molar-refractivity contribution < 1.29 is 4.74 Å². The molecular weight excluding hydrogens is 286 g/mol. The van der Waals surface area contributed by atoms with Gasteiger partial charge in [0.2, 0.25) is 0 Å². The Morgan fingerprint density at radius 2 is 2.41 bits per heavy atom. The van der Waals surface area contributed by atoms with Crippen molar-refractivity contribution in [3.05, 3.63) is 10.8 Å². The number of hydrazine groups is 1. The average Bonchev–Trinajstić information content (AvgIpc) is 2.54. The number of nitrogens with one attached hydrogen (secondary N) is 1. The van der Waals surface area contributed by atoms with Crippen LogP contribution >= 0.6 is 15.9 Å². The van der Waals surface area contributed by atoms with E-state index < -0.39 is 0 Å². The molecule has 1 saturated heterocycles. The Hall–Kier alpha value is -0.920. The van der Waals surface area contributed by atoms with Crippen LogP contribution in [-0.2, 0) is 4.74 Å². The van der Waals surface area contributed by atoms with E-state index >= 15 is 0 Å². The molecule has 1 fully saturated rings. The van der Waals surface area contributed by atoms with E-state index in [-0.39, 0.29) is 6.10 Å². The van der Waals surface area contributed by atoms with Gasteiger partial charge in [-0.15, -0.1) is 0 Å². The Kier molecular flexibility index (Phi) is 4.14. The number of hydrogen-bond donors (Lipinski definition) is 2. The Labute approximate surface area is 109 Å². The van der Waals surface area contributed by atoms with E-state index in [2.05, 4.69) is 43.1 Å². The van der Waals surface area contributed by atoms with Gasteiger partial charge in [-0.05, 0) is 29.3 Å². The zero-order chi connectivity index (χ0) is 12.3. The van der Waals surface area contributed by atoms with E-state index in [1.165, 1.54) is 6.33 Å². The third kappa shape index (κ3) is 2.85.